The minimum atomic E-state index is -0.120. The molecule has 186 valence electrons. The molecule has 4 rings (SSSR count). The van der Waals surface area contributed by atoms with E-state index in [2.05, 4.69) is 45.5 Å². The molecule has 2 atom stereocenters. The number of thiophene rings is 1. The first-order chi connectivity index (χ1) is 17.3. The summed E-state index contributed by atoms with van der Waals surface area (Å²) in [6.45, 7) is 5.05. The predicted molar refractivity (Wildman–Crippen MR) is 145 cm³/mol. The van der Waals surface area contributed by atoms with Crippen molar-refractivity contribution in [2.24, 2.45) is 5.92 Å². The normalized spacial score (nSPS) is 12.7. The fourth-order valence-electron chi connectivity index (χ4n) is 4.05. The van der Waals surface area contributed by atoms with Crippen LogP contribution in [0.5, 0.6) is 0 Å². The van der Waals surface area contributed by atoms with Crippen LogP contribution in [0.1, 0.15) is 45.4 Å². The van der Waals surface area contributed by atoms with Crippen LogP contribution in [0.4, 0.5) is 5.82 Å². The number of hydrogen-bond donors (Lipinski definition) is 2. The van der Waals surface area contributed by atoms with Crippen molar-refractivity contribution in [3.05, 3.63) is 71.0 Å². The topological polar surface area (TPSA) is 100 Å². The molecule has 36 heavy (non-hydrogen) atoms. The van der Waals surface area contributed by atoms with Crippen LogP contribution < -0.4 is 10.6 Å². The number of nitrogens with zero attached hydrogens (tertiary/aromatic N) is 4. The third-order valence-electron chi connectivity index (χ3n) is 6.37. The molecule has 4 aromatic rings. The minimum absolute atomic E-state index is 0.0214. The lowest BCUT2D eigenvalue weighted by Gasteiger charge is -2.22. The molecular weight excluding hydrogens is 472 g/mol. The van der Waals surface area contributed by atoms with E-state index in [1.807, 2.05) is 30.3 Å². The number of nitrogens with one attached hydrogen (secondary N) is 2. The number of carbonyl (C=O) groups is 2. The fraction of sp³-hybridized carbons (Fsp3) is 0.296. The van der Waals surface area contributed by atoms with Crippen LogP contribution in [0.25, 0.3) is 21.5 Å². The van der Waals surface area contributed by atoms with Crippen LogP contribution in [0.3, 0.4) is 0 Å². The first-order valence-electron chi connectivity index (χ1n) is 11.8. The van der Waals surface area contributed by atoms with Crippen molar-refractivity contribution in [3.63, 3.8) is 0 Å². The van der Waals surface area contributed by atoms with Gasteiger partial charge in [0.15, 0.2) is 0 Å². The molecule has 1 unspecified atom stereocenters. The molecule has 8 nitrogen and oxygen atoms in total. The third-order valence-corrected chi connectivity index (χ3v) is 7.46. The lowest BCUT2D eigenvalue weighted by atomic mass is 9.87. The van der Waals surface area contributed by atoms with Crippen molar-refractivity contribution in [2.45, 2.75) is 19.8 Å². The zero-order chi connectivity index (χ0) is 25.8. The molecule has 0 saturated carbocycles. The maximum absolute atomic E-state index is 12.3. The van der Waals surface area contributed by atoms with Crippen LogP contribution in [-0.2, 0) is 0 Å². The molecule has 1 aromatic carbocycles. The quantitative estimate of drug-likeness (QED) is 0.363. The van der Waals surface area contributed by atoms with Crippen LogP contribution in [-0.4, -0.2) is 59.4 Å². The number of anilines is 1. The summed E-state index contributed by atoms with van der Waals surface area (Å²) in [5.41, 5.74) is 3.35. The molecule has 9 heteroatoms. The van der Waals surface area contributed by atoms with E-state index >= 15 is 0 Å². The number of aromatic nitrogens is 3. The van der Waals surface area contributed by atoms with Gasteiger partial charge in [-0.1, -0.05) is 32.0 Å². The molecule has 3 aromatic heterocycles. The van der Waals surface area contributed by atoms with Gasteiger partial charge >= 0.3 is 0 Å². The highest BCUT2D eigenvalue weighted by atomic mass is 32.1. The molecular formula is C27H30N6O2S. The molecule has 0 fully saturated rings. The van der Waals surface area contributed by atoms with Gasteiger partial charge in [0, 0.05) is 45.3 Å². The van der Waals surface area contributed by atoms with Gasteiger partial charge in [-0.25, -0.2) is 9.97 Å². The average Bonchev–Trinajstić information content (AvgIpc) is 3.40. The monoisotopic (exact) mass is 502 g/mol. The molecule has 0 bridgehead atoms. The van der Waals surface area contributed by atoms with E-state index in [-0.39, 0.29) is 23.7 Å². The molecule has 2 amide bonds. The number of pyridine rings is 1. The Morgan fingerprint density at radius 1 is 1.06 bits per heavy atom. The van der Waals surface area contributed by atoms with Crippen LogP contribution in [0.15, 0.2) is 55.0 Å². The maximum atomic E-state index is 12.3. The van der Waals surface area contributed by atoms with E-state index in [1.165, 1.54) is 17.7 Å². The van der Waals surface area contributed by atoms with Crippen molar-refractivity contribution >= 4 is 39.9 Å². The van der Waals surface area contributed by atoms with Gasteiger partial charge in [-0.2, -0.15) is 0 Å². The van der Waals surface area contributed by atoms with Crippen molar-refractivity contribution in [1.82, 2.24) is 25.2 Å². The fourth-order valence-corrected chi connectivity index (χ4v) is 5.04. The maximum Gasteiger partial charge on any atom is 0.263 e. The second-order valence-electron chi connectivity index (χ2n) is 8.98. The number of hydrogen-bond acceptors (Lipinski definition) is 7. The van der Waals surface area contributed by atoms with Crippen molar-refractivity contribution in [2.75, 3.05) is 33.0 Å². The molecule has 2 N–H and O–H groups in total. The Morgan fingerprint density at radius 3 is 2.61 bits per heavy atom. The number of rotatable bonds is 8. The Labute approximate surface area is 214 Å². The highest BCUT2D eigenvalue weighted by molar-refractivity contribution is 7.17. The summed E-state index contributed by atoms with van der Waals surface area (Å²) in [4.78, 5) is 41.1. The highest BCUT2D eigenvalue weighted by Gasteiger charge is 2.20. The van der Waals surface area contributed by atoms with E-state index in [4.69, 9.17) is 0 Å². The van der Waals surface area contributed by atoms with Crippen LogP contribution in [0.2, 0.25) is 0 Å². The Morgan fingerprint density at radius 2 is 1.86 bits per heavy atom. The lowest BCUT2D eigenvalue weighted by Crippen LogP contribution is -2.20. The summed E-state index contributed by atoms with van der Waals surface area (Å²) >= 11 is 1.42. The van der Waals surface area contributed by atoms with Gasteiger partial charge in [0.1, 0.15) is 12.1 Å². The number of amides is 2. The predicted octanol–water partition coefficient (Wildman–Crippen LogP) is 4.67. The molecule has 0 saturated heterocycles. The third kappa shape index (κ3) is 5.21. The Bertz CT molecular complexity index is 1400. The molecule has 0 radical (unpaired) electrons. The largest absolute Gasteiger partial charge is 0.370 e. The standard InChI is InChI=1S/C27H30N6O2S/c1-16(17(2)18-7-6-8-19-20(26(34)28-3)11-12-29-25(18)19)14-30-24-13-21(31-15-32-24)22-9-10-23(36-22)27(35)33(4)5/h6-13,15-17H,14H2,1-5H3,(H,28,34)(H,30,31,32)/t16-,17?/m1/s1. The highest BCUT2D eigenvalue weighted by Crippen LogP contribution is 2.32. The minimum Gasteiger partial charge on any atom is -0.370 e. The summed E-state index contributed by atoms with van der Waals surface area (Å²) in [5, 5.41) is 6.99. The lowest BCUT2D eigenvalue weighted by molar-refractivity contribution is 0.0832. The number of carbonyl (C=O) groups excluding carboxylic acids is 2. The van der Waals surface area contributed by atoms with Crippen molar-refractivity contribution < 1.29 is 9.59 Å². The molecule has 3 heterocycles. The van der Waals surface area contributed by atoms with E-state index in [0.29, 0.717) is 17.0 Å². The van der Waals surface area contributed by atoms with Crippen LogP contribution >= 0.6 is 11.3 Å². The zero-order valence-corrected chi connectivity index (χ0v) is 21.9. The SMILES string of the molecule is CNC(=O)c1ccnc2c(C(C)[C@H](C)CNc3cc(-c4ccc(C(=O)N(C)C)s4)ncn3)cccc12. The molecule has 0 aliphatic carbocycles. The van der Waals surface area contributed by atoms with Gasteiger partial charge in [0.25, 0.3) is 11.8 Å². The summed E-state index contributed by atoms with van der Waals surface area (Å²) in [6.07, 6.45) is 3.23. The van der Waals surface area contributed by atoms with Crippen molar-refractivity contribution in [3.8, 4) is 10.6 Å². The summed E-state index contributed by atoms with van der Waals surface area (Å²) in [7, 11) is 5.12. The molecule has 0 spiro atoms. The van der Waals surface area contributed by atoms with Crippen LogP contribution in [0, 0.1) is 5.92 Å². The smallest absolute Gasteiger partial charge is 0.263 e. The summed E-state index contributed by atoms with van der Waals surface area (Å²) in [5.74, 6) is 1.03. The van der Waals surface area contributed by atoms with Gasteiger partial charge in [0.05, 0.1) is 26.5 Å². The number of benzene rings is 1. The first-order valence-corrected chi connectivity index (χ1v) is 12.6. The van der Waals surface area contributed by atoms with E-state index in [9.17, 15) is 9.59 Å². The van der Waals surface area contributed by atoms with E-state index in [1.54, 1.807) is 38.3 Å². The van der Waals surface area contributed by atoms with Gasteiger partial charge in [0.2, 0.25) is 0 Å². The Kier molecular flexibility index (Phi) is 7.59. The molecule has 0 aliphatic heterocycles. The first kappa shape index (κ1) is 25.2. The second kappa shape index (κ2) is 10.8. The van der Waals surface area contributed by atoms with E-state index in [0.717, 1.165) is 32.9 Å². The zero-order valence-electron chi connectivity index (χ0n) is 21.1. The second-order valence-corrected chi connectivity index (χ2v) is 10.1. The van der Waals surface area contributed by atoms with Gasteiger partial charge in [-0.15, -0.1) is 11.3 Å². The average molecular weight is 503 g/mol. The molecule has 0 aliphatic rings. The Balaban J connectivity index is 1.49. The van der Waals surface area contributed by atoms with Gasteiger partial charge in [-0.3, -0.25) is 14.6 Å². The number of para-hydroxylation sites is 1. The van der Waals surface area contributed by atoms with E-state index < -0.39 is 0 Å². The summed E-state index contributed by atoms with van der Waals surface area (Å²) < 4.78 is 0. The van der Waals surface area contributed by atoms with Gasteiger partial charge in [-0.05, 0) is 35.6 Å². The number of fused-ring (bicyclic) bond motifs is 1. The van der Waals surface area contributed by atoms with Gasteiger partial charge < -0.3 is 15.5 Å². The van der Waals surface area contributed by atoms with Crippen molar-refractivity contribution in [1.29, 1.82) is 0 Å². The Hall–Kier alpha value is -3.85. The summed E-state index contributed by atoms with van der Waals surface area (Å²) in [6, 6.07) is 13.4.